The summed E-state index contributed by atoms with van der Waals surface area (Å²) in [6.07, 6.45) is 11.0. The highest BCUT2D eigenvalue weighted by molar-refractivity contribution is 6.41. The van der Waals surface area contributed by atoms with Crippen LogP contribution < -0.4 is 30.3 Å². The number of carbonyl (C=O) groups excluding carboxylic acids is 2. The lowest BCUT2D eigenvalue weighted by molar-refractivity contribution is -0.115. The topological polar surface area (TPSA) is 131 Å². The Labute approximate surface area is 246 Å². The summed E-state index contributed by atoms with van der Waals surface area (Å²) in [5, 5.41) is 9.01. The van der Waals surface area contributed by atoms with Gasteiger partial charge in [-0.05, 0) is 42.7 Å². The van der Waals surface area contributed by atoms with E-state index in [2.05, 4.69) is 37.5 Å². The maximum absolute atomic E-state index is 13.8. The number of ether oxygens (including phenoxy) is 2. The zero-order chi connectivity index (χ0) is 29.4. The van der Waals surface area contributed by atoms with Crippen molar-refractivity contribution in [2.45, 2.75) is 19.4 Å². The first-order chi connectivity index (χ1) is 19.8. The van der Waals surface area contributed by atoms with E-state index in [0.29, 0.717) is 17.9 Å². The second-order valence-electron chi connectivity index (χ2n) is 8.57. The van der Waals surface area contributed by atoms with Gasteiger partial charge in [0.25, 0.3) is 0 Å². The zero-order valence-corrected chi connectivity index (χ0v) is 23.8. The molecule has 0 saturated carbocycles. The number of halogens is 2. The lowest BCUT2D eigenvalue weighted by Crippen LogP contribution is -2.35. The Morgan fingerprint density at radius 1 is 1.07 bits per heavy atom. The number of allylic oxidation sites excluding steroid dienone is 3. The minimum absolute atomic E-state index is 0.104. The van der Waals surface area contributed by atoms with E-state index in [9.17, 15) is 9.59 Å². The van der Waals surface area contributed by atoms with Crippen LogP contribution in [0.1, 0.15) is 18.4 Å². The third kappa shape index (κ3) is 7.13. The predicted molar refractivity (Wildman–Crippen MR) is 158 cm³/mol. The number of nitrogens with zero attached hydrogens (tertiary/aromatic N) is 4. The summed E-state index contributed by atoms with van der Waals surface area (Å²) in [4.78, 5) is 39.8. The van der Waals surface area contributed by atoms with Crippen LogP contribution >= 0.6 is 23.2 Å². The quantitative estimate of drug-likeness (QED) is 0.254. The summed E-state index contributed by atoms with van der Waals surface area (Å²) >= 11 is 13.0. The molecule has 2 heterocycles. The Bertz CT molecular complexity index is 1480. The number of aromatic nitrogens is 3. The number of benzene rings is 1. The van der Waals surface area contributed by atoms with Crippen LogP contribution in [0.3, 0.4) is 0 Å². The number of nitrogens with one attached hydrogen (secondary N) is 3. The highest BCUT2D eigenvalue weighted by Gasteiger charge is 2.24. The molecule has 3 amide bonds. The molecule has 0 spiro atoms. The van der Waals surface area contributed by atoms with Crippen molar-refractivity contribution in [1.29, 1.82) is 0 Å². The average Bonchev–Trinajstić information content (AvgIpc) is 2.99. The number of hydrogen-bond donors (Lipinski definition) is 3. The Morgan fingerprint density at radius 3 is 2.44 bits per heavy atom. The molecule has 212 valence electrons. The van der Waals surface area contributed by atoms with Gasteiger partial charge in [-0.15, -0.1) is 0 Å². The molecule has 0 fully saturated rings. The van der Waals surface area contributed by atoms with Crippen molar-refractivity contribution in [3.05, 3.63) is 94.8 Å². The molecule has 4 rings (SSSR count). The fourth-order valence-electron chi connectivity index (χ4n) is 3.91. The highest BCUT2D eigenvalue weighted by Crippen LogP contribution is 2.44. The molecule has 1 aromatic carbocycles. The van der Waals surface area contributed by atoms with Crippen molar-refractivity contribution in [3.8, 4) is 11.5 Å². The van der Waals surface area contributed by atoms with E-state index in [1.807, 2.05) is 12.2 Å². The fourth-order valence-corrected chi connectivity index (χ4v) is 4.51. The second-order valence-corrected chi connectivity index (χ2v) is 9.32. The van der Waals surface area contributed by atoms with Crippen molar-refractivity contribution in [2.75, 3.05) is 29.8 Å². The van der Waals surface area contributed by atoms with Crippen molar-refractivity contribution in [3.63, 3.8) is 0 Å². The van der Waals surface area contributed by atoms with Gasteiger partial charge in [-0.25, -0.2) is 14.8 Å². The van der Waals surface area contributed by atoms with Gasteiger partial charge in [-0.1, -0.05) is 35.9 Å². The fraction of sp³-hybridized carbons (Fsp3) is 0.179. The van der Waals surface area contributed by atoms with Crippen LogP contribution in [0.2, 0.25) is 10.0 Å². The molecule has 0 radical (unpaired) electrons. The SMILES string of the molecule is C=CC(=O)NC1=C(Nc2cc(N(Cc3ccncc3)C(=O)Nc3c(Cl)c(OC)cc(OC)c3Cl)ncn2)CCC=C1. The van der Waals surface area contributed by atoms with Crippen molar-refractivity contribution >= 4 is 52.5 Å². The first-order valence-electron chi connectivity index (χ1n) is 12.3. The average molecular weight is 596 g/mol. The Morgan fingerprint density at radius 2 is 1.78 bits per heavy atom. The van der Waals surface area contributed by atoms with Crippen molar-refractivity contribution in [1.82, 2.24) is 20.3 Å². The summed E-state index contributed by atoms with van der Waals surface area (Å²) in [6.45, 7) is 3.63. The number of urea groups is 1. The van der Waals surface area contributed by atoms with Gasteiger partial charge in [0.2, 0.25) is 5.91 Å². The van der Waals surface area contributed by atoms with E-state index in [0.717, 1.165) is 17.7 Å². The van der Waals surface area contributed by atoms with E-state index >= 15 is 0 Å². The van der Waals surface area contributed by atoms with Crippen LogP contribution in [-0.4, -0.2) is 41.1 Å². The van der Waals surface area contributed by atoms with Gasteiger partial charge >= 0.3 is 6.03 Å². The van der Waals surface area contributed by atoms with Crippen LogP contribution in [0, 0.1) is 0 Å². The number of hydrogen-bond acceptors (Lipinski definition) is 8. The van der Waals surface area contributed by atoms with Gasteiger partial charge in [0.05, 0.1) is 32.1 Å². The van der Waals surface area contributed by atoms with Gasteiger partial charge in [-0.2, -0.15) is 0 Å². The van der Waals surface area contributed by atoms with Gasteiger partial charge < -0.3 is 25.4 Å². The standard InChI is InChI=1S/C28H27Cl2N7O4/c1-4-24(38)35-19-8-6-5-7-18(19)34-22-14-23(33-16-32-22)37(15-17-9-11-31-12-10-17)28(39)36-27-25(29)20(40-2)13-21(41-3)26(27)30/h4,6,8-14,16H,1,5,7,15H2,2-3H3,(H,35,38)(H,36,39)(H,32,33,34). The maximum atomic E-state index is 13.8. The first kappa shape index (κ1) is 29.4. The number of methoxy groups -OCH3 is 2. The maximum Gasteiger partial charge on any atom is 0.327 e. The molecule has 0 aliphatic heterocycles. The van der Waals surface area contributed by atoms with Gasteiger partial charge in [0.15, 0.2) is 0 Å². The van der Waals surface area contributed by atoms with E-state index in [4.69, 9.17) is 32.7 Å². The van der Waals surface area contributed by atoms with Crippen LogP contribution in [0.4, 0.5) is 22.1 Å². The van der Waals surface area contributed by atoms with Crippen LogP contribution in [-0.2, 0) is 11.3 Å². The molecule has 1 aliphatic rings. The predicted octanol–water partition coefficient (Wildman–Crippen LogP) is 5.71. The number of rotatable bonds is 10. The van der Waals surface area contributed by atoms with Gasteiger partial charge in [0, 0.05) is 30.2 Å². The summed E-state index contributed by atoms with van der Waals surface area (Å²) in [5.74, 6) is 0.902. The number of pyridine rings is 1. The lowest BCUT2D eigenvalue weighted by Gasteiger charge is -2.24. The smallest absolute Gasteiger partial charge is 0.327 e. The minimum Gasteiger partial charge on any atom is -0.495 e. The minimum atomic E-state index is -0.579. The molecule has 2 aromatic heterocycles. The van der Waals surface area contributed by atoms with Gasteiger partial charge in [-0.3, -0.25) is 14.7 Å². The number of amides is 3. The number of carbonyl (C=O) groups is 2. The van der Waals surface area contributed by atoms with E-state index in [-0.39, 0.29) is 45.5 Å². The Hall–Kier alpha value is -4.61. The third-order valence-corrected chi connectivity index (χ3v) is 6.71. The lowest BCUT2D eigenvalue weighted by atomic mass is 10.1. The third-order valence-electron chi connectivity index (χ3n) is 5.96. The van der Waals surface area contributed by atoms with E-state index < -0.39 is 6.03 Å². The highest BCUT2D eigenvalue weighted by atomic mass is 35.5. The molecule has 1 aliphatic carbocycles. The largest absolute Gasteiger partial charge is 0.495 e. The molecule has 0 atom stereocenters. The van der Waals surface area contributed by atoms with Crippen LogP contribution in [0.5, 0.6) is 11.5 Å². The monoisotopic (exact) mass is 595 g/mol. The van der Waals surface area contributed by atoms with Crippen LogP contribution in [0.15, 0.2) is 79.2 Å². The van der Waals surface area contributed by atoms with Crippen molar-refractivity contribution < 1.29 is 19.1 Å². The molecule has 3 N–H and O–H groups in total. The molecule has 13 heteroatoms. The summed E-state index contributed by atoms with van der Waals surface area (Å²) in [7, 11) is 2.88. The first-order valence-corrected chi connectivity index (χ1v) is 13.1. The molecule has 11 nitrogen and oxygen atoms in total. The van der Waals surface area contributed by atoms with Crippen molar-refractivity contribution in [2.24, 2.45) is 0 Å². The van der Waals surface area contributed by atoms with Gasteiger partial charge in [0.1, 0.15) is 39.5 Å². The molecule has 3 aromatic rings. The Balaban J connectivity index is 1.69. The molecule has 0 unspecified atom stereocenters. The summed E-state index contributed by atoms with van der Waals surface area (Å²) in [5.41, 5.74) is 2.25. The molecular weight excluding hydrogens is 569 g/mol. The Kier molecular flexibility index (Phi) is 9.77. The van der Waals surface area contributed by atoms with E-state index in [1.165, 1.54) is 37.6 Å². The molecule has 0 saturated heterocycles. The number of anilines is 3. The summed E-state index contributed by atoms with van der Waals surface area (Å²) < 4.78 is 10.6. The molecular formula is C28H27Cl2N7O4. The molecule has 41 heavy (non-hydrogen) atoms. The summed E-state index contributed by atoms with van der Waals surface area (Å²) in [6, 6.07) is 6.13. The van der Waals surface area contributed by atoms with Crippen LogP contribution in [0.25, 0.3) is 0 Å². The van der Waals surface area contributed by atoms with E-state index in [1.54, 1.807) is 30.6 Å². The second kappa shape index (κ2) is 13.6. The zero-order valence-electron chi connectivity index (χ0n) is 22.3. The normalized spacial score (nSPS) is 12.4. The molecule has 0 bridgehead atoms.